The van der Waals surface area contributed by atoms with E-state index in [0.717, 1.165) is 49.8 Å². The molecule has 53 heavy (non-hydrogen) atoms. The van der Waals surface area contributed by atoms with Gasteiger partial charge in [-0.1, -0.05) is 101 Å². The molecule has 8 rings (SSSR count). The molecule has 0 atom stereocenters. The van der Waals surface area contributed by atoms with E-state index in [1.165, 1.54) is 65.8 Å². The van der Waals surface area contributed by atoms with Crippen LogP contribution in [0.5, 0.6) is 0 Å². The maximum absolute atomic E-state index is 6.97. The molecule has 14 heteroatoms. The Hall–Kier alpha value is -5.22. The normalized spacial score (nSPS) is 11.4. The summed E-state index contributed by atoms with van der Waals surface area (Å²) in [5.41, 5.74) is 22.4. The molecule has 0 N–H and O–H groups in total. The number of furan rings is 1. The Kier molecular flexibility index (Phi) is 8.76. The van der Waals surface area contributed by atoms with E-state index in [9.17, 15) is 0 Å². The molecule has 242 valence electrons. The number of fused-ring (bicyclic) bond motifs is 3. The zero-order chi connectivity index (χ0) is 37.3. The summed E-state index contributed by atoms with van der Waals surface area (Å²) in [4.78, 5) is 15.4. The molecule has 0 bridgehead atoms. The van der Waals surface area contributed by atoms with Crippen molar-refractivity contribution in [3.05, 3.63) is 91.0 Å². The number of hydrogen-bond acceptors (Lipinski definition) is 4. The first-order valence-electron chi connectivity index (χ1n) is 18.5. The molecular formula is C39H35B10N3O. The Morgan fingerprint density at radius 1 is 0.340 bits per heavy atom. The highest BCUT2D eigenvalue weighted by Gasteiger charge is 2.22. The highest BCUT2D eigenvalue weighted by molar-refractivity contribution is 6.70. The molecule has 4 nitrogen and oxygen atoms in total. The Morgan fingerprint density at radius 3 is 1.34 bits per heavy atom. The van der Waals surface area contributed by atoms with E-state index in [1.807, 2.05) is 30.3 Å². The van der Waals surface area contributed by atoms with Gasteiger partial charge in [0.15, 0.2) is 17.5 Å². The second kappa shape index (κ2) is 13.3. The minimum absolute atomic E-state index is 0.578. The maximum atomic E-state index is 6.97. The molecule has 2 heterocycles. The van der Waals surface area contributed by atoms with Crippen LogP contribution in [0, 0.1) is 0 Å². The molecule has 0 amide bonds. The molecule has 0 aliphatic carbocycles. The van der Waals surface area contributed by atoms with Crippen LogP contribution in [-0.2, 0) is 0 Å². The van der Waals surface area contributed by atoms with Gasteiger partial charge in [-0.15, -0.1) is 32.8 Å². The summed E-state index contributed by atoms with van der Waals surface area (Å²) in [6.07, 6.45) is 0. The molecule has 0 unspecified atom stereocenters. The fourth-order valence-corrected chi connectivity index (χ4v) is 8.19. The van der Waals surface area contributed by atoms with Crippen molar-refractivity contribution in [3.63, 3.8) is 0 Å². The van der Waals surface area contributed by atoms with Gasteiger partial charge in [-0.05, 0) is 28.8 Å². The summed E-state index contributed by atoms with van der Waals surface area (Å²) in [5.74, 6) is 1.82. The number of rotatable bonds is 5. The van der Waals surface area contributed by atoms with Gasteiger partial charge in [0.2, 0.25) is 0 Å². The van der Waals surface area contributed by atoms with Crippen LogP contribution in [0.2, 0.25) is 0 Å². The van der Waals surface area contributed by atoms with Crippen molar-refractivity contribution < 1.29 is 4.42 Å². The topological polar surface area (TPSA) is 51.8 Å². The molecule has 0 aliphatic rings. The minimum Gasteiger partial charge on any atom is -0.455 e. The molecule has 6 aromatic carbocycles. The van der Waals surface area contributed by atoms with Crippen molar-refractivity contribution >= 4 is 155 Å². The van der Waals surface area contributed by atoms with E-state index in [4.69, 9.17) is 19.4 Å². The molecule has 0 fully saturated rings. The van der Waals surface area contributed by atoms with Crippen LogP contribution in [0.15, 0.2) is 95.4 Å². The minimum atomic E-state index is 0.578. The number of benzene rings is 6. The fraction of sp³-hybridized carbons (Fsp3) is 0. The van der Waals surface area contributed by atoms with Crippen molar-refractivity contribution in [2.75, 3.05) is 0 Å². The number of hydrogen-bond donors (Lipinski definition) is 0. The number of para-hydroxylation sites is 2. The van der Waals surface area contributed by atoms with Crippen molar-refractivity contribution in [1.29, 1.82) is 0 Å². The van der Waals surface area contributed by atoms with E-state index in [0.29, 0.717) is 17.5 Å². The number of aromatic nitrogens is 3. The van der Waals surface area contributed by atoms with Gasteiger partial charge in [-0.25, -0.2) is 15.0 Å². The van der Waals surface area contributed by atoms with Gasteiger partial charge in [0.25, 0.3) is 0 Å². The Labute approximate surface area is 320 Å². The maximum Gasteiger partial charge on any atom is 0.167 e. The second-order valence-electron chi connectivity index (χ2n) is 14.7. The first-order valence-corrected chi connectivity index (χ1v) is 18.5. The second-order valence-corrected chi connectivity index (χ2v) is 14.7. The third-order valence-electron chi connectivity index (χ3n) is 12.1. The predicted octanol–water partition coefficient (Wildman–Crippen LogP) is -7.31. The van der Waals surface area contributed by atoms with Crippen LogP contribution in [0.4, 0.5) is 0 Å². The summed E-state index contributed by atoms with van der Waals surface area (Å²) in [6.45, 7) is 0. The summed E-state index contributed by atoms with van der Waals surface area (Å²) in [7, 11) is 22.3. The van der Waals surface area contributed by atoms with Crippen LogP contribution in [0.3, 0.4) is 0 Å². The highest BCUT2D eigenvalue weighted by Crippen LogP contribution is 2.39. The van der Waals surface area contributed by atoms with Gasteiger partial charge >= 0.3 is 0 Å². The molecule has 0 spiro atoms. The third kappa shape index (κ3) is 5.66. The van der Waals surface area contributed by atoms with Crippen LogP contribution in [0.25, 0.3) is 78.4 Å². The van der Waals surface area contributed by atoms with Crippen LogP contribution < -0.4 is 54.6 Å². The van der Waals surface area contributed by atoms with Gasteiger partial charge in [-0.2, -0.15) is 0 Å². The van der Waals surface area contributed by atoms with Gasteiger partial charge < -0.3 is 4.42 Å². The van der Waals surface area contributed by atoms with Crippen molar-refractivity contribution in [3.8, 4) is 56.4 Å². The smallest absolute Gasteiger partial charge is 0.167 e. The van der Waals surface area contributed by atoms with E-state index in [1.54, 1.807) is 0 Å². The molecular weight excluding hydrogens is 635 g/mol. The SMILES string of the molecule is Bc1c(B)c(B)c(-c2cccc(-c3nc(-c4ccccc4)nc(-c4cccc5c4oc4c(-c6c(B)c(B)c(B)c(B)c6B)cccc45)n3)c2)c(B)c1B. The van der Waals surface area contributed by atoms with Crippen molar-refractivity contribution in [2.24, 2.45) is 0 Å². The standard InChI is InChI=1S/C39H35B10N3O/c40-25-23(26(41)30(45)33(48)29(25)44)17-9-4-10-18(15-17)38-50-37(16-7-2-1-3-8-16)51-39(52-38)22-14-6-12-20-19-11-5-13-21(35(19)53-36(20)22)24-27(42)31(46)34(49)32(47)28(24)43/h1-15H,40-49H2. The summed E-state index contributed by atoms with van der Waals surface area (Å²) < 4.78 is 6.97. The summed E-state index contributed by atoms with van der Waals surface area (Å²) in [6, 6.07) is 31.6. The van der Waals surface area contributed by atoms with Crippen LogP contribution in [0.1, 0.15) is 0 Å². The van der Waals surface area contributed by atoms with Crippen LogP contribution >= 0.6 is 0 Å². The van der Waals surface area contributed by atoms with Gasteiger partial charge in [0.1, 0.15) is 89.6 Å². The third-order valence-corrected chi connectivity index (χ3v) is 12.1. The summed E-state index contributed by atoms with van der Waals surface area (Å²) in [5, 5.41) is 2.12. The molecule has 0 saturated heterocycles. The van der Waals surface area contributed by atoms with Gasteiger partial charge in [-0.3, -0.25) is 0 Å². The van der Waals surface area contributed by atoms with E-state index < -0.39 is 0 Å². The largest absolute Gasteiger partial charge is 0.455 e. The lowest BCUT2D eigenvalue weighted by Gasteiger charge is -2.20. The molecule has 2 aromatic heterocycles. The average molecular weight is 670 g/mol. The lowest BCUT2D eigenvalue weighted by molar-refractivity contribution is 0.670. The Balaban J connectivity index is 1.35. The van der Waals surface area contributed by atoms with E-state index in [2.05, 4.69) is 139 Å². The Morgan fingerprint density at radius 2 is 0.755 bits per heavy atom. The van der Waals surface area contributed by atoms with E-state index in [-0.39, 0.29) is 0 Å². The first kappa shape index (κ1) is 34.8. The zero-order valence-corrected chi connectivity index (χ0v) is 32.4. The average Bonchev–Trinajstić information content (AvgIpc) is 3.58. The molecule has 0 saturated carbocycles. The van der Waals surface area contributed by atoms with E-state index >= 15 is 0 Å². The quantitative estimate of drug-likeness (QED) is 0.171. The molecule has 0 radical (unpaired) electrons. The lowest BCUT2D eigenvalue weighted by Crippen LogP contribution is -2.55. The molecule has 8 aromatic rings. The first-order chi connectivity index (χ1) is 25.5. The van der Waals surface area contributed by atoms with Crippen LogP contribution in [-0.4, -0.2) is 93.4 Å². The Bertz CT molecular complexity index is 2750. The fourth-order valence-electron chi connectivity index (χ4n) is 8.19. The summed E-state index contributed by atoms with van der Waals surface area (Å²) >= 11 is 0. The van der Waals surface area contributed by atoms with Gasteiger partial charge in [0.05, 0.1) is 5.56 Å². The highest BCUT2D eigenvalue weighted by atomic mass is 16.3. The number of nitrogens with zero attached hydrogens (tertiary/aromatic N) is 3. The molecule has 0 aliphatic heterocycles. The van der Waals surface area contributed by atoms with Gasteiger partial charge in [0, 0.05) is 27.5 Å². The predicted molar refractivity (Wildman–Crippen MR) is 256 cm³/mol. The van der Waals surface area contributed by atoms with Crippen molar-refractivity contribution in [2.45, 2.75) is 0 Å². The lowest BCUT2D eigenvalue weighted by atomic mass is 9.59. The van der Waals surface area contributed by atoms with Crippen molar-refractivity contribution in [1.82, 2.24) is 15.0 Å². The monoisotopic (exact) mass is 671 g/mol. The zero-order valence-electron chi connectivity index (χ0n) is 32.4.